The molecule has 0 radical (unpaired) electrons. The van der Waals surface area contributed by atoms with Gasteiger partial charge in [-0.25, -0.2) is 8.78 Å². The van der Waals surface area contributed by atoms with Crippen molar-refractivity contribution >= 4 is 5.78 Å². The van der Waals surface area contributed by atoms with Gasteiger partial charge in [-0.15, -0.1) is 0 Å². The summed E-state index contributed by atoms with van der Waals surface area (Å²) in [4.78, 5) is 12.3. The number of ketones is 1. The first kappa shape index (κ1) is 17.6. The monoisotopic (exact) mass is 354 g/mol. The molecular weight excluding hydrogens is 338 g/mol. The minimum atomic E-state index is -1.07. The molecule has 26 heavy (non-hydrogen) atoms. The van der Waals surface area contributed by atoms with Crippen molar-refractivity contribution in [3.8, 4) is 17.2 Å². The molecule has 0 heterocycles. The Morgan fingerprint density at radius 2 is 1.50 bits per heavy atom. The molecule has 0 aliphatic rings. The highest BCUT2D eigenvalue weighted by Gasteiger charge is 2.18. The summed E-state index contributed by atoms with van der Waals surface area (Å²) in [5.74, 6) is -0.848. The van der Waals surface area contributed by atoms with Gasteiger partial charge in [0.1, 0.15) is 17.2 Å². The summed E-state index contributed by atoms with van der Waals surface area (Å²) in [5.41, 5.74) is 0.0492. The average Bonchev–Trinajstić information content (AvgIpc) is 2.64. The average molecular weight is 354 g/mol. The van der Waals surface area contributed by atoms with E-state index in [-0.39, 0.29) is 5.56 Å². The number of para-hydroxylation sites is 1. The quantitative estimate of drug-likeness (QED) is 0.556. The Hall–Kier alpha value is -3.21. The molecule has 0 aromatic heterocycles. The van der Waals surface area contributed by atoms with E-state index in [0.717, 1.165) is 12.1 Å². The Morgan fingerprint density at radius 1 is 0.808 bits per heavy atom. The highest BCUT2D eigenvalue weighted by atomic mass is 19.2. The van der Waals surface area contributed by atoms with Crippen molar-refractivity contribution in [2.75, 3.05) is 0 Å². The molecular formula is C21H16F2O3. The van der Waals surface area contributed by atoms with Crippen molar-refractivity contribution in [1.29, 1.82) is 0 Å². The third-order valence-corrected chi connectivity index (χ3v) is 3.67. The number of carbonyl (C=O) groups excluding carboxylic acids is 1. The van der Waals surface area contributed by atoms with Gasteiger partial charge in [0.25, 0.3) is 0 Å². The summed E-state index contributed by atoms with van der Waals surface area (Å²) in [7, 11) is 0. The number of Topliss-reactive ketones (excluding diaryl/α,β-unsaturated/α-hetero) is 1. The number of rotatable bonds is 6. The molecule has 0 saturated heterocycles. The lowest BCUT2D eigenvalue weighted by Crippen LogP contribution is -2.24. The first-order valence-corrected chi connectivity index (χ1v) is 8.02. The van der Waals surface area contributed by atoms with E-state index in [0.29, 0.717) is 17.2 Å². The molecule has 0 bridgehead atoms. The Kier molecular flexibility index (Phi) is 5.27. The maximum atomic E-state index is 13.3. The van der Waals surface area contributed by atoms with Crippen LogP contribution in [0.3, 0.4) is 0 Å². The van der Waals surface area contributed by atoms with Crippen molar-refractivity contribution in [2.45, 2.75) is 13.0 Å². The summed E-state index contributed by atoms with van der Waals surface area (Å²) in [6.45, 7) is 1.55. The normalized spacial score (nSPS) is 11.7. The predicted octanol–water partition coefficient (Wildman–Crippen LogP) is 5.41. The van der Waals surface area contributed by atoms with Gasteiger partial charge in [0.05, 0.1) is 0 Å². The lowest BCUT2D eigenvalue weighted by atomic mass is 10.1. The number of benzene rings is 3. The molecule has 0 amide bonds. The van der Waals surface area contributed by atoms with E-state index in [4.69, 9.17) is 9.47 Å². The Labute approximate surface area is 149 Å². The van der Waals surface area contributed by atoms with Crippen molar-refractivity contribution in [2.24, 2.45) is 0 Å². The molecule has 0 fully saturated rings. The van der Waals surface area contributed by atoms with E-state index in [2.05, 4.69) is 0 Å². The molecule has 0 N–H and O–H groups in total. The lowest BCUT2D eigenvalue weighted by Gasteiger charge is -2.15. The van der Waals surface area contributed by atoms with Crippen molar-refractivity contribution in [3.63, 3.8) is 0 Å². The van der Waals surface area contributed by atoms with Gasteiger partial charge in [-0.3, -0.25) is 4.79 Å². The van der Waals surface area contributed by atoms with E-state index >= 15 is 0 Å². The van der Waals surface area contributed by atoms with Gasteiger partial charge in [0.15, 0.2) is 17.7 Å². The van der Waals surface area contributed by atoms with Crippen molar-refractivity contribution in [3.05, 3.63) is 90.0 Å². The van der Waals surface area contributed by atoms with E-state index in [1.807, 2.05) is 30.3 Å². The first-order chi connectivity index (χ1) is 12.5. The lowest BCUT2D eigenvalue weighted by molar-refractivity contribution is 0.0817. The molecule has 0 spiro atoms. The van der Waals surface area contributed by atoms with Crippen LogP contribution in [0.15, 0.2) is 72.8 Å². The minimum absolute atomic E-state index is 0.0492. The van der Waals surface area contributed by atoms with Crippen LogP contribution in [0, 0.1) is 11.6 Å². The van der Waals surface area contributed by atoms with E-state index in [1.54, 1.807) is 31.2 Å². The zero-order chi connectivity index (χ0) is 18.5. The molecule has 1 atom stereocenters. The van der Waals surface area contributed by atoms with Gasteiger partial charge >= 0.3 is 0 Å². The zero-order valence-corrected chi connectivity index (χ0v) is 14.0. The molecule has 3 aromatic carbocycles. The number of hydrogen-bond donors (Lipinski definition) is 0. The van der Waals surface area contributed by atoms with E-state index in [9.17, 15) is 13.6 Å². The fraction of sp³-hybridized carbons (Fsp3) is 0.0952. The molecule has 0 unspecified atom stereocenters. The Bertz CT molecular complexity index is 910. The number of hydrogen-bond acceptors (Lipinski definition) is 3. The second-order valence-corrected chi connectivity index (χ2v) is 5.64. The van der Waals surface area contributed by atoms with Crippen LogP contribution < -0.4 is 9.47 Å². The second kappa shape index (κ2) is 7.78. The molecule has 132 valence electrons. The topological polar surface area (TPSA) is 35.5 Å². The first-order valence-electron chi connectivity index (χ1n) is 8.02. The smallest absolute Gasteiger partial charge is 0.203 e. The SMILES string of the molecule is C[C@H](Oc1cccc(Oc2ccccc2)c1)C(=O)c1ccc(F)c(F)c1. The highest BCUT2D eigenvalue weighted by Crippen LogP contribution is 2.26. The summed E-state index contributed by atoms with van der Waals surface area (Å²) in [6, 6.07) is 19.1. The van der Waals surface area contributed by atoms with Crippen LogP contribution in [0.4, 0.5) is 8.78 Å². The summed E-state index contributed by atoms with van der Waals surface area (Å²) in [5, 5.41) is 0. The van der Waals surface area contributed by atoms with Gasteiger partial charge in [-0.2, -0.15) is 0 Å². The fourth-order valence-corrected chi connectivity index (χ4v) is 2.38. The van der Waals surface area contributed by atoms with Crippen molar-refractivity contribution in [1.82, 2.24) is 0 Å². The van der Waals surface area contributed by atoms with Crippen LogP contribution in [0.25, 0.3) is 0 Å². The van der Waals surface area contributed by atoms with Gasteiger partial charge in [-0.1, -0.05) is 24.3 Å². The third kappa shape index (κ3) is 4.25. The van der Waals surface area contributed by atoms with Crippen molar-refractivity contribution < 1.29 is 23.0 Å². The van der Waals surface area contributed by atoms with Crippen LogP contribution in [0.5, 0.6) is 17.2 Å². The van der Waals surface area contributed by atoms with Crippen LogP contribution in [-0.4, -0.2) is 11.9 Å². The third-order valence-electron chi connectivity index (χ3n) is 3.67. The number of ether oxygens (including phenoxy) is 2. The molecule has 0 saturated carbocycles. The minimum Gasteiger partial charge on any atom is -0.482 e. The van der Waals surface area contributed by atoms with Gasteiger partial charge in [0.2, 0.25) is 5.78 Å². The van der Waals surface area contributed by atoms with E-state index in [1.165, 1.54) is 6.07 Å². The van der Waals surface area contributed by atoms with Crippen LogP contribution in [-0.2, 0) is 0 Å². The molecule has 3 rings (SSSR count). The fourth-order valence-electron chi connectivity index (χ4n) is 2.38. The Balaban J connectivity index is 1.70. The predicted molar refractivity (Wildman–Crippen MR) is 93.7 cm³/mol. The second-order valence-electron chi connectivity index (χ2n) is 5.64. The van der Waals surface area contributed by atoms with Gasteiger partial charge < -0.3 is 9.47 Å². The zero-order valence-electron chi connectivity index (χ0n) is 14.0. The largest absolute Gasteiger partial charge is 0.482 e. The standard InChI is InChI=1S/C21H16F2O3/c1-14(21(24)15-10-11-19(22)20(23)12-15)25-17-8-5-9-18(13-17)26-16-6-3-2-4-7-16/h2-14H,1H3/t14-/m0/s1. The molecule has 0 aliphatic heterocycles. The maximum Gasteiger partial charge on any atom is 0.203 e. The molecule has 3 aromatic rings. The maximum absolute atomic E-state index is 13.3. The summed E-state index contributed by atoms with van der Waals surface area (Å²) >= 11 is 0. The highest BCUT2D eigenvalue weighted by molar-refractivity contribution is 5.99. The number of halogens is 2. The molecule has 3 nitrogen and oxygen atoms in total. The Morgan fingerprint density at radius 3 is 2.23 bits per heavy atom. The molecule has 0 aliphatic carbocycles. The van der Waals surface area contributed by atoms with Gasteiger partial charge in [0, 0.05) is 11.6 Å². The number of carbonyl (C=O) groups is 1. The summed E-state index contributed by atoms with van der Waals surface area (Å²) in [6.07, 6.45) is -0.869. The summed E-state index contributed by atoms with van der Waals surface area (Å²) < 4.78 is 37.7. The van der Waals surface area contributed by atoms with E-state index < -0.39 is 23.5 Å². The van der Waals surface area contributed by atoms with Crippen LogP contribution >= 0.6 is 0 Å². The van der Waals surface area contributed by atoms with Gasteiger partial charge in [-0.05, 0) is 49.4 Å². The van der Waals surface area contributed by atoms with Crippen LogP contribution in [0.1, 0.15) is 17.3 Å². The van der Waals surface area contributed by atoms with Crippen LogP contribution in [0.2, 0.25) is 0 Å². The molecule has 5 heteroatoms.